The molecule has 0 aromatic heterocycles. The SMILES string of the molecule is FC(F)(F)CCCNCc1ccc2c(c1)NCC2. The Morgan fingerprint density at radius 1 is 1.28 bits per heavy atom. The molecule has 0 fully saturated rings. The van der Waals surface area contributed by atoms with Crippen molar-refractivity contribution in [2.75, 3.05) is 18.4 Å². The second kappa shape index (κ2) is 5.61. The number of alkyl halides is 3. The molecule has 0 radical (unpaired) electrons. The number of anilines is 1. The molecule has 1 aliphatic rings. The van der Waals surface area contributed by atoms with Gasteiger partial charge in [0, 0.05) is 25.2 Å². The highest BCUT2D eigenvalue weighted by atomic mass is 19.4. The fraction of sp³-hybridized carbons (Fsp3) is 0.538. The lowest BCUT2D eigenvalue weighted by molar-refractivity contribution is -0.135. The van der Waals surface area contributed by atoms with Crippen LogP contribution in [0.3, 0.4) is 0 Å². The molecule has 2 N–H and O–H groups in total. The standard InChI is InChI=1S/C13H17F3N2/c14-13(15,16)5-1-6-17-9-10-2-3-11-4-7-18-12(11)8-10/h2-3,8,17-18H,1,4-7,9H2. The third kappa shape index (κ3) is 3.91. The molecule has 2 rings (SSSR count). The van der Waals surface area contributed by atoms with E-state index in [1.54, 1.807) is 0 Å². The van der Waals surface area contributed by atoms with Crippen LogP contribution < -0.4 is 10.6 Å². The molecule has 1 heterocycles. The van der Waals surface area contributed by atoms with Gasteiger partial charge in [0.2, 0.25) is 0 Å². The van der Waals surface area contributed by atoms with E-state index in [1.165, 1.54) is 5.56 Å². The number of nitrogens with one attached hydrogen (secondary N) is 2. The summed E-state index contributed by atoms with van der Waals surface area (Å²) >= 11 is 0. The van der Waals surface area contributed by atoms with Gasteiger partial charge >= 0.3 is 6.18 Å². The van der Waals surface area contributed by atoms with Crippen molar-refractivity contribution in [1.82, 2.24) is 5.32 Å². The van der Waals surface area contributed by atoms with Crippen molar-refractivity contribution in [3.8, 4) is 0 Å². The zero-order chi connectivity index (χ0) is 13.0. The van der Waals surface area contributed by atoms with Crippen molar-refractivity contribution < 1.29 is 13.2 Å². The fourth-order valence-electron chi connectivity index (χ4n) is 2.09. The van der Waals surface area contributed by atoms with Gasteiger partial charge in [-0.2, -0.15) is 13.2 Å². The molecule has 0 atom stereocenters. The van der Waals surface area contributed by atoms with E-state index in [0.29, 0.717) is 13.1 Å². The first-order valence-corrected chi connectivity index (χ1v) is 6.18. The van der Waals surface area contributed by atoms with Crippen molar-refractivity contribution >= 4 is 5.69 Å². The molecule has 0 unspecified atom stereocenters. The molecule has 0 spiro atoms. The van der Waals surface area contributed by atoms with Crippen LogP contribution in [0.4, 0.5) is 18.9 Å². The summed E-state index contributed by atoms with van der Waals surface area (Å²) < 4.78 is 35.8. The average Bonchev–Trinajstić information content (AvgIpc) is 2.74. The predicted molar refractivity (Wildman–Crippen MR) is 65.6 cm³/mol. The van der Waals surface area contributed by atoms with E-state index in [1.807, 2.05) is 6.07 Å². The summed E-state index contributed by atoms with van der Waals surface area (Å²) in [6.45, 7) is 1.98. The van der Waals surface area contributed by atoms with Crippen molar-refractivity contribution in [1.29, 1.82) is 0 Å². The number of fused-ring (bicyclic) bond motifs is 1. The summed E-state index contributed by atoms with van der Waals surface area (Å²) in [5, 5.41) is 6.32. The largest absolute Gasteiger partial charge is 0.389 e. The van der Waals surface area contributed by atoms with E-state index in [0.717, 1.165) is 24.2 Å². The first-order chi connectivity index (χ1) is 8.54. The maximum absolute atomic E-state index is 11.9. The molecule has 0 bridgehead atoms. The Kier molecular flexibility index (Phi) is 4.11. The monoisotopic (exact) mass is 258 g/mol. The molecule has 2 nitrogen and oxygen atoms in total. The summed E-state index contributed by atoms with van der Waals surface area (Å²) in [6.07, 6.45) is -3.58. The summed E-state index contributed by atoms with van der Waals surface area (Å²) in [4.78, 5) is 0. The maximum atomic E-state index is 11.9. The van der Waals surface area contributed by atoms with Gasteiger partial charge < -0.3 is 10.6 Å². The van der Waals surface area contributed by atoms with E-state index in [2.05, 4.69) is 22.8 Å². The fourth-order valence-corrected chi connectivity index (χ4v) is 2.09. The average molecular weight is 258 g/mol. The molecule has 1 aromatic carbocycles. The van der Waals surface area contributed by atoms with Crippen LogP contribution in [0, 0.1) is 0 Å². The van der Waals surface area contributed by atoms with Crippen molar-refractivity contribution in [2.24, 2.45) is 0 Å². The molecule has 0 saturated carbocycles. The molecule has 0 saturated heterocycles. The molecule has 5 heteroatoms. The van der Waals surface area contributed by atoms with Gasteiger partial charge in [0.25, 0.3) is 0 Å². The van der Waals surface area contributed by atoms with E-state index >= 15 is 0 Å². The third-order valence-corrected chi connectivity index (χ3v) is 3.03. The number of benzene rings is 1. The Balaban J connectivity index is 1.71. The smallest absolute Gasteiger partial charge is 0.384 e. The minimum absolute atomic E-state index is 0.132. The topological polar surface area (TPSA) is 24.1 Å². The summed E-state index contributed by atoms with van der Waals surface area (Å²) in [6, 6.07) is 6.18. The van der Waals surface area contributed by atoms with E-state index in [-0.39, 0.29) is 6.42 Å². The van der Waals surface area contributed by atoms with Gasteiger partial charge in [-0.3, -0.25) is 0 Å². The van der Waals surface area contributed by atoms with Gasteiger partial charge in [-0.15, -0.1) is 0 Å². The van der Waals surface area contributed by atoms with Crippen molar-refractivity contribution in [3.05, 3.63) is 29.3 Å². The van der Waals surface area contributed by atoms with Gasteiger partial charge in [0.1, 0.15) is 0 Å². The lowest BCUT2D eigenvalue weighted by atomic mass is 10.1. The van der Waals surface area contributed by atoms with Crippen LogP contribution in [0.5, 0.6) is 0 Å². The van der Waals surface area contributed by atoms with Crippen LogP contribution in [0.15, 0.2) is 18.2 Å². The molecular formula is C13H17F3N2. The Bertz CT molecular complexity index is 402. The van der Waals surface area contributed by atoms with Crippen molar-refractivity contribution in [2.45, 2.75) is 32.0 Å². The highest BCUT2D eigenvalue weighted by Gasteiger charge is 2.25. The van der Waals surface area contributed by atoms with Gasteiger partial charge in [-0.1, -0.05) is 12.1 Å². The molecule has 1 aliphatic heterocycles. The Morgan fingerprint density at radius 2 is 2.11 bits per heavy atom. The quantitative estimate of drug-likeness (QED) is 0.793. The Labute approximate surface area is 105 Å². The molecule has 100 valence electrons. The second-order valence-electron chi connectivity index (χ2n) is 4.56. The third-order valence-electron chi connectivity index (χ3n) is 3.03. The van der Waals surface area contributed by atoms with Crippen LogP contribution in [0.2, 0.25) is 0 Å². The van der Waals surface area contributed by atoms with Gasteiger partial charge in [-0.25, -0.2) is 0 Å². The summed E-state index contributed by atoms with van der Waals surface area (Å²) in [7, 11) is 0. The lowest BCUT2D eigenvalue weighted by Gasteiger charge is -2.08. The van der Waals surface area contributed by atoms with Crippen LogP contribution in [0.1, 0.15) is 24.0 Å². The van der Waals surface area contributed by atoms with Gasteiger partial charge in [0.15, 0.2) is 0 Å². The maximum Gasteiger partial charge on any atom is 0.389 e. The van der Waals surface area contributed by atoms with Crippen molar-refractivity contribution in [3.63, 3.8) is 0 Å². The molecule has 0 amide bonds. The van der Waals surface area contributed by atoms with Crippen LogP contribution in [0.25, 0.3) is 0 Å². The summed E-state index contributed by atoms with van der Waals surface area (Å²) in [5.41, 5.74) is 3.58. The minimum Gasteiger partial charge on any atom is -0.384 e. The molecule has 0 aliphatic carbocycles. The van der Waals surface area contributed by atoms with Gasteiger partial charge in [-0.05, 0) is 36.6 Å². The number of hydrogen-bond donors (Lipinski definition) is 2. The minimum atomic E-state index is -4.04. The normalized spacial score (nSPS) is 14.4. The first-order valence-electron chi connectivity index (χ1n) is 6.18. The summed E-state index contributed by atoms with van der Waals surface area (Å²) in [5.74, 6) is 0. The molecule has 1 aromatic rings. The molecular weight excluding hydrogens is 241 g/mol. The van der Waals surface area contributed by atoms with E-state index in [9.17, 15) is 13.2 Å². The van der Waals surface area contributed by atoms with Crippen LogP contribution in [-0.2, 0) is 13.0 Å². The Morgan fingerprint density at radius 3 is 2.89 bits per heavy atom. The highest BCUT2D eigenvalue weighted by Crippen LogP contribution is 2.23. The highest BCUT2D eigenvalue weighted by molar-refractivity contribution is 5.56. The predicted octanol–water partition coefficient (Wildman–Crippen LogP) is 3.09. The number of hydrogen-bond acceptors (Lipinski definition) is 2. The van der Waals surface area contributed by atoms with E-state index < -0.39 is 12.6 Å². The second-order valence-corrected chi connectivity index (χ2v) is 4.56. The number of halogens is 3. The lowest BCUT2D eigenvalue weighted by Crippen LogP contribution is -2.17. The van der Waals surface area contributed by atoms with Crippen LogP contribution >= 0.6 is 0 Å². The van der Waals surface area contributed by atoms with Gasteiger partial charge in [0.05, 0.1) is 0 Å². The zero-order valence-electron chi connectivity index (χ0n) is 10.1. The molecule has 18 heavy (non-hydrogen) atoms. The van der Waals surface area contributed by atoms with Crippen LogP contribution in [-0.4, -0.2) is 19.3 Å². The first kappa shape index (κ1) is 13.2. The Hall–Kier alpha value is -1.23. The van der Waals surface area contributed by atoms with E-state index in [4.69, 9.17) is 0 Å². The number of rotatable bonds is 5. The zero-order valence-corrected chi connectivity index (χ0v) is 10.1.